The number of aliphatic hydroxyl groups is 3. The zero-order valence-electron chi connectivity index (χ0n) is 10.8. The van der Waals surface area contributed by atoms with E-state index in [0.717, 1.165) is 0 Å². The van der Waals surface area contributed by atoms with Gasteiger partial charge in [-0.05, 0) is 0 Å². The smallest absolute Gasteiger partial charge is 0.388 e. The van der Waals surface area contributed by atoms with Crippen molar-refractivity contribution < 1.29 is 71.5 Å². The normalized spacial score (nSPS) is 32.2. The molecule has 0 radical (unpaired) electrons. The predicted octanol–water partition coefficient (Wildman–Crippen LogP) is -2.30. The van der Waals surface area contributed by atoms with Crippen LogP contribution < -0.4 is 0 Å². The van der Waals surface area contributed by atoms with Crippen LogP contribution in [0.4, 0.5) is 0 Å². The van der Waals surface area contributed by atoms with Gasteiger partial charge in [0.15, 0.2) is 0 Å². The second-order valence-electron chi connectivity index (χ2n) is 4.01. The zero-order valence-corrected chi connectivity index (χ0v) is 13.4. The van der Waals surface area contributed by atoms with Crippen molar-refractivity contribution in [3.8, 4) is 0 Å². The number of phosphoric acid groups is 3. The van der Waals surface area contributed by atoms with E-state index in [0.29, 0.717) is 0 Å². The van der Waals surface area contributed by atoms with Crippen LogP contribution in [0.1, 0.15) is 0 Å². The van der Waals surface area contributed by atoms with E-state index in [1.165, 1.54) is 0 Å². The second kappa shape index (κ2) is 7.62. The average Bonchev–Trinajstić information content (AvgIpc) is 2.62. The van der Waals surface area contributed by atoms with E-state index in [4.69, 9.17) is 24.7 Å². The van der Waals surface area contributed by atoms with E-state index < -0.39 is 48.1 Å². The Morgan fingerprint density at radius 2 is 1.57 bits per heavy atom. The summed E-state index contributed by atoms with van der Waals surface area (Å²) in [7, 11) is -16.9. The van der Waals surface area contributed by atoms with Crippen LogP contribution in [0.15, 0.2) is 0 Å². The van der Waals surface area contributed by atoms with Crippen LogP contribution in [0.5, 0.6) is 0 Å². The highest BCUT2D eigenvalue weighted by Gasteiger charge is 2.44. The molecule has 23 heavy (non-hydrogen) atoms. The van der Waals surface area contributed by atoms with Crippen molar-refractivity contribution in [2.24, 2.45) is 0 Å². The molecule has 1 aliphatic rings. The summed E-state index contributed by atoms with van der Waals surface area (Å²) in [6.45, 7) is -0.387. The first-order valence-corrected chi connectivity index (χ1v) is 9.89. The highest BCUT2D eigenvalue weighted by molar-refractivity contribution is 7.66. The van der Waals surface area contributed by atoms with Crippen LogP contribution in [0.25, 0.3) is 0 Å². The summed E-state index contributed by atoms with van der Waals surface area (Å²) >= 11 is 0. The number of hydrogen-bond acceptors (Lipinski definition) is 11. The van der Waals surface area contributed by atoms with E-state index in [1.54, 1.807) is 0 Å². The molecule has 0 aromatic rings. The summed E-state index contributed by atoms with van der Waals surface area (Å²) < 4.78 is 47.6. The Hall–Kier alpha value is 0.210. The van der Waals surface area contributed by atoms with Gasteiger partial charge in [-0.1, -0.05) is 0 Å². The molecule has 0 amide bonds. The van der Waals surface area contributed by atoms with Crippen molar-refractivity contribution in [1.82, 2.24) is 0 Å². The first-order chi connectivity index (χ1) is 10.2. The van der Waals surface area contributed by atoms with E-state index >= 15 is 0 Å². The summed E-state index contributed by atoms with van der Waals surface area (Å²) in [6, 6.07) is 0. The van der Waals surface area contributed by atoms with Crippen LogP contribution in [-0.2, 0) is 36.6 Å². The highest BCUT2D eigenvalue weighted by atomic mass is 31.3. The lowest BCUT2D eigenvalue weighted by atomic mass is 10.1. The van der Waals surface area contributed by atoms with Crippen LogP contribution in [0.3, 0.4) is 0 Å². The van der Waals surface area contributed by atoms with E-state index in [1.807, 2.05) is 0 Å². The SMILES string of the molecule is O=P(O)(O)OP(=O)(O)OP(=O)(O)OOC(O)[C@H]1OC[C@H](O)[C@@H]1O. The van der Waals surface area contributed by atoms with Gasteiger partial charge in [0.05, 0.1) is 6.61 Å². The molecule has 0 bridgehead atoms. The van der Waals surface area contributed by atoms with Crippen molar-refractivity contribution in [1.29, 1.82) is 0 Å². The maximum Gasteiger partial charge on any atom is 0.508 e. The molecule has 1 heterocycles. The van der Waals surface area contributed by atoms with Crippen LogP contribution in [-0.4, -0.2) is 66.1 Å². The molecular formula is C5H13O15P3. The van der Waals surface area contributed by atoms with Gasteiger partial charge in [-0.25, -0.2) is 13.7 Å². The Labute approximate surface area is 127 Å². The molecular weight excluding hydrogens is 393 g/mol. The van der Waals surface area contributed by atoms with Crippen molar-refractivity contribution >= 4 is 23.5 Å². The number of rotatable bonds is 8. The van der Waals surface area contributed by atoms with Crippen molar-refractivity contribution in [3.63, 3.8) is 0 Å². The molecule has 1 fully saturated rings. The lowest BCUT2D eigenvalue weighted by Gasteiger charge is -2.21. The quantitative estimate of drug-likeness (QED) is 0.0970. The third kappa shape index (κ3) is 7.32. The second-order valence-corrected chi connectivity index (χ2v) is 8.32. The first-order valence-electron chi connectivity index (χ1n) is 5.37. The van der Waals surface area contributed by atoms with E-state index in [2.05, 4.69) is 22.9 Å². The van der Waals surface area contributed by atoms with Gasteiger partial charge in [-0.15, -0.1) is 4.67 Å². The average molecular weight is 406 g/mol. The third-order valence-corrected chi connectivity index (χ3v) is 5.72. The lowest BCUT2D eigenvalue weighted by molar-refractivity contribution is -0.341. The van der Waals surface area contributed by atoms with Crippen LogP contribution in [0.2, 0.25) is 0 Å². The molecule has 0 aromatic heterocycles. The molecule has 1 rings (SSSR count). The highest BCUT2D eigenvalue weighted by Crippen LogP contribution is 2.66. The topological polar surface area (TPSA) is 239 Å². The molecule has 15 nitrogen and oxygen atoms in total. The van der Waals surface area contributed by atoms with E-state index in [-0.39, 0.29) is 6.61 Å². The van der Waals surface area contributed by atoms with Gasteiger partial charge in [-0.2, -0.15) is 13.5 Å². The minimum atomic E-state index is -5.73. The van der Waals surface area contributed by atoms with Gasteiger partial charge in [0.1, 0.15) is 18.3 Å². The number of ether oxygens (including phenoxy) is 1. The third-order valence-electron chi connectivity index (χ3n) is 2.12. The fourth-order valence-electron chi connectivity index (χ4n) is 1.32. The predicted molar refractivity (Wildman–Crippen MR) is 63.8 cm³/mol. The largest absolute Gasteiger partial charge is 0.508 e. The molecule has 0 spiro atoms. The first kappa shape index (κ1) is 21.3. The molecule has 3 unspecified atom stereocenters. The Kier molecular flexibility index (Phi) is 7.04. The minimum absolute atomic E-state index is 0.387. The summed E-state index contributed by atoms with van der Waals surface area (Å²) in [6.07, 6.45) is -6.82. The summed E-state index contributed by atoms with van der Waals surface area (Å²) in [5.41, 5.74) is 0. The molecule has 1 saturated heterocycles. The molecule has 1 aliphatic heterocycles. The zero-order chi connectivity index (χ0) is 18.1. The number of hydrogen-bond donors (Lipinski definition) is 7. The standard InChI is InChI=1S/C5H13O15P3/c6-2-1-16-4(3(2)7)5(8)17-18-22(12,13)20-23(14,15)19-21(9,10)11/h2-8H,1H2,(H,12,13)(H,14,15)(H2,9,10,11)/t2-,3-,4-,5?/m0/s1. The lowest BCUT2D eigenvalue weighted by Crippen LogP contribution is -2.39. The van der Waals surface area contributed by atoms with Crippen molar-refractivity contribution in [2.45, 2.75) is 24.6 Å². The Balaban J connectivity index is 2.57. The van der Waals surface area contributed by atoms with Gasteiger partial charge in [-0.3, -0.25) is 0 Å². The number of aliphatic hydroxyl groups excluding tert-OH is 3. The van der Waals surface area contributed by atoms with Gasteiger partial charge in [0.25, 0.3) is 0 Å². The molecule has 6 atom stereocenters. The van der Waals surface area contributed by atoms with Gasteiger partial charge in [0, 0.05) is 0 Å². The fourth-order valence-corrected chi connectivity index (χ4v) is 4.14. The molecule has 7 N–H and O–H groups in total. The van der Waals surface area contributed by atoms with Gasteiger partial charge in [0.2, 0.25) is 6.29 Å². The molecule has 0 saturated carbocycles. The van der Waals surface area contributed by atoms with Crippen molar-refractivity contribution in [3.05, 3.63) is 0 Å². The molecule has 0 aromatic carbocycles. The summed E-state index contributed by atoms with van der Waals surface area (Å²) in [4.78, 5) is 38.4. The Bertz CT molecular complexity index is 541. The molecule has 18 heteroatoms. The Morgan fingerprint density at radius 3 is 2.00 bits per heavy atom. The van der Waals surface area contributed by atoms with E-state index in [9.17, 15) is 23.9 Å². The van der Waals surface area contributed by atoms with Gasteiger partial charge < -0.3 is 39.6 Å². The minimum Gasteiger partial charge on any atom is -0.388 e. The molecule has 0 aliphatic carbocycles. The van der Waals surface area contributed by atoms with Crippen LogP contribution in [0, 0.1) is 0 Å². The van der Waals surface area contributed by atoms with Crippen LogP contribution >= 0.6 is 23.5 Å². The molecule has 138 valence electrons. The monoisotopic (exact) mass is 406 g/mol. The Morgan fingerprint density at radius 1 is 1.00 bits per heavy atom. The van der Waals surface area contributed by atoms with Crippen molar-refractivity contribution in [2.75, 3.05) is 6.61 Å². The summed E-state index contributed by atoms with van der Waals surface area (Å²) in [5, 5.41) is 27.8. The van der Waals surface area contributed by atoms with Gasteiger partial charge >= 0.3 is 23.5 Å². The maximum atomic E-state index is 11.2. The summed E-state index contributed by atoms with van der Waals surface area (Å²) in [5.74, 6) is 0. The maximum absolute atomic E-state index is 11.2. The fraction of sp³-hybridized carbons (Fsp3) is 1.00.